The van der Waals surface area contributed by atoms with Crippen LogP contribution in [0.1, 0.15) is 23.2 Å². The highest BCUT2D eigenvalue weighted by Gasteiger charge is 2.19. The molecule has 0 aromatic heterocycles. The van der Waals surface area contributed by atoms with Gasteiger partial charge in [-0.3, -0.25) is 4.79 Å². The van der Waals surface area contributed by atoms with E-state index in [-0.39, 0.29) is 5.78 Å². The second kappa shape index (κ2) is 5.36. The fourth-order valence-corrected chi connectivity index (χ4v) is 2.10. The smallest absolute Gasteiger partial charge is 0.195 e. The van der Waals surface area contributed by atoms with Crippen molar-refractivity contribution >= 4 is 21.7 Å². The van der Waals surface area contributed by atoms with Crippen molar-refractivity contribution in [1.82, 2.24) is 0 Å². The van der Waals surface area contributed by atoms with E-state index in [1.165, 1.54) is 0 Å². The number of halogens is 1. The first-order valence-electron chi connectivity index (χ1n) is 5.41. The van der Waals surface area contributed by atoms with Crippen LogP contribution < -0.4 is 4.74 Å². The molecule has 0 N–H and O–H groups in total. The van der Waals surface area contributed by atoms with Gasteiger partial charge in [-0.1, -0.05) is 15.9 Å². The maximum absolute atomic E-state index is 12.2. The molecule has 1 aromatic carbocycles. The van der Waals surface area contributed by atoms with Crippen LogP contribution in [-0.4, -0.2) is 19.5 Å². The van der Waals surface area contributed by atoms with Gasteiger partial charge in [0.25, 0.3) is 0 Å². The largest absolute Gasteiger partial charge is 0.501 e. The van der Waals surface area contributed by atoms with Crippen molar-refractivity contribution in [3.8, 4) is 5.75 Å². The molecule has 0 aliphatic carbocycles. The molecule has 0 saturated carbocycles. The van der Waals surface area contributed by atoms with E-state index in [1.807, 2.05) is 6.07 Å². The van der Waals surface area contributed by atoms with Gasteiger partial charge in [0, 0.05) is 10.0 Å². The first kappa shape index (κ1) is 12.2. The Hall–Kier alpha value is -1.29. The Morgan fingerprint density at radius 2 is 2.29 bits per heavy atom. The van der Waals surface area contributed by atoms with E-state index in [4.69, 9.17) is 9.47 Å². The molecule has 17 heavy (non-hydrogen) atoms. The minimum atomic E-state index is -0.0194. The summed E-state index contributed by atoms with van der Waals surface area (Å²) < 4.78 is 11.3. The van der Waals surface area contributed by atoms with Gasteiger partial charge in [0.15, 0.2) is 5.78 Å². The van der Waals surface area contributed by atoms with Gasteiger partial charge in [-0.15, -0.1) is 0 Å². The van der Waals surface area contributed by atoms with Gasteiger partial charge in [-0.2, -0.15) is 0 Å². The van der Waals surface area contributed by atoms with E-state index in [1.54, 1.807) is 25.5 Å². The number of allylic oxidation sites excluding steroid dienone is 1. The Balaban J connectivity index is 2.33. The first-order chi connectivity index (χ1) is 8.22. The minimum Gasteiger partial charge on any atom is -0.501 e. The van der Waals surface area contributed by atoms with E-state index in [9.17, 15) is 4.79 Å². The zero-order valence-electron chi connectivity index (χ0n) is 9.53. The van der Waals surface area contributed by atoms with Gasteiger partial charge in [-0.25, -0.2) is 0 Å². The van der Waals surface area contributed by atoms with Gasteiger partial charge in [0.2, 0.25) is 0 Å². The van der Waals surface area contributed by atoms with Crippen molar-refractivity contribution in [3.05, 3.63) is 40.1 Å². The molecule has 1 heterocycles. The van der Waals surface area contributed by atoms with Gasteiger partial charge >= 0.3 is 0 Å². The number of Topliss-reactive ketones (excluding diaryl/α,β-unsaturated/α-hetero) is 1. The Morgan fingerprint density at radius 1 is 1.47 bits per heavy atom. The summed E-state index contributed by atoms with van der Waals surface area (Å²) in [6.07, 6.45) is 3.21. The van der Waals surface area contributed by atoms with Crippen molar-refractivity contribution in [3.63, 3.8) is 0 Å². The van der Waals surface area contributed by atoms with Gasteiger partial charge in [-0.05, 0) is 31.0 Å². The van der Waals surface area contributed by atoms with Crippen molar-refractivity contribution in [1.29, 1.82) is 0 Å². The number of hydrogen-bond acceptors (Lipinski definition) is 3. The third-order valence-corrected chi connectivity index (χ3v) is 3.13. The molecule has 0 unspecified atom stereocenters. The van der Waals surface area contributed by atoms with Gasteiger partial charge in [0.05, 0.1) is 25.5 Å². The lowest BCUT2D eigenvalue weighted by Gasteiger charge is -2.14. The lowest BCUT2D eigenvalue weighted by atomic mass is 9.99. The number of benzene rings is 1. The highest BCUT2D eigenvalue weighted by molar-refractivity contribution is 9.10. The van der Waals surface area contributed by atoms with Crippen molar-refractivity contribution < 1.29 is 14.3 Å². The third kappa shape index (κ3) is 2.69. The van der Waals surface area contributed by atoms with E-state index in [2.05, 4.69) is 15.9 Å². The predicted molar refractivity (Wildman–Crippen MR) is 68.3 cm³/mol. The lowest BCUT2D eigenvalue weighted by Crippen LogP contribution is -2.10. The normalized spacial score (nSPS) is 14.8. The maximum atomic E-state index is 12.2. The molecule has 2 rings (SSSR count). The van der Waals surface area contributed by atoms with E-state index >= 15 is 0 Å². The Bertz CT molecular complexity index is 466. The molecule has 90 valence electrons. The van der Waals surface area contributed by atoms with E-state index < -0.39 is 0 Å². The molecule has 0 fully saturated rings. The van der Waals surface area contributed by atoms with Crippen molar-refractivity contribution in [2.45, 2.75) is 12.8 Å². The summed E-state index contributed by atoms with van der Waals surface area (Å²) in [5.41, 5.74) is 1.28. The first-order valence-corrected chi connectivity index (χ1v) is 6.20. The van der Waals surface area contributed by atoms with Crippen LogP contribution in [0.2, 0.25) is 0 Å². The highest BCUT2D eigenvalue weighted by atomic mass is 79.9. The number of carbonyl (C=O) groups excluding carboxylic acids is 1. The molecule has 4 heteroatoms. The Labute approximate surface area is 109 Å². The molecule has 0 spiro atoms. The molecule has 1 aliphatic heterocycles. The summed E-state index contributed by atoms with van der Waals surface area (Å²) in [6.45, 7) is 0.689. The quantitative estimate of drug-likeness (QED) is 0.803. The monoisotopic (exact) mass is 296 g/mol. The second-order valence-corrected chi connectivity index (χ2v) is 4.71. The highest BCUT2D eigenvalue weighted by Crippen LogP contribution is 2.27. The SMILES string of the molecule is COc1cc(Br)ccc1C(=O)C1=COCCC1. The molecule has 3 nitrogen and oxygen atoms in total. The Kier molecular flexibility index (Phi) is 3.84. The summed E-state index contributed by atoms with van der Waals surface area (Å²) in [5.74, 6) is 0.560. The van der Waals surface area contributed by atoms with Crippen LogP contribution in [0.15, 0.2) is 34.5 Å². The van der Waals surface area contributed by atoms with Crippen LogP contribution in [0.25, 0.3) is 0 Å². The summed E-state index contributed by atoms with van der Waals surface area (Å²) >= 11 is 3.35. The van der Waals surface area contributed by atoms with Crippen LogP contribution >= 0.6 is 15.9 Å². The number of rotatable bonds is 3. The third-order valence-electron chi connectivity index (χ3n) is 2.63. The molecule has 1 aromatic rings. The molecular formula is C13H13BrO3. The zero-order valence-corrected chi connectivity index (χ0v) is 11.1. The molecule has 0 radical (unpaired) electrons. The average Bonchev–Trinajstić information content (AvgIpc) is 2.39. The average molecular weight is 297 g/mol. The second-order valence-electron chi connectivity index (χ2n) is 3.79. The van der Waals surface area contributed by atoms with Gasteiger partial charge < -0.3 is 9.47 Å². The van der Waals surface area contributed by atoms with Gasteiger partial charge in [0.1, 0.15) is 5.75 Å². The topological polar surface area (TPSA) is 35.5 Å². The van der Waals surface area contributed by atoms with Crippen LogP contribution in [-0.2, 0) is 4.74 Å². The number of carbonyl (C=O) groups is 1. The number of hydrogen-bond donors (Lipinski definition) is 0. The number of methoxy groups -OCH3 is 1. The zero-order chi connectivity index (χ0) is 12.3. The van der Waals surface area contributed by atoms with Crippen LogP contribution in [0, 0.1) is 0 Å². The van der Waals surface area contributed by atoms with Crippen molar-refractivity contribution in [2.75, 3.05) is 13.7 Å². The van der Waals surface area contributed by atoms with Crippen LogP contribution in [0.4, 0.5) is 0 Å². The lowest BCUT2D eigenvalue weighted by molar-refractivity contribution is 0.101. The summed E-state index contributed by atoms with van der Waals surface area (Å²) in [4.78, 5) is 12.2. The van der Waals surface area contributed by atoms with Crippen LogP contribution in [0.3, 0.4) is 0 Å². The fourth-order valence-electron chi connectivity index (χ4n) is 1.76. The summed E-state index contributed by atoms with van der Waals surface area (Å²) in [6, 6.07) is 5.39. The predicted octanol–water partition coefficient (Wildman–Crippen LogP) is 3.33. The summed E-state index contributed by atoms with van der Waals surface area (Å²) in [7, 11) is 1.56. The van der Waals surface area contributed by atoms with Crippen molar-refractivity contribution in [2.24, 2.45) is 0 Å². The number of ether oxygens (including phenoxy) is 2. The Morgan fingerprint density at radius 3 is 2.94 bits per heavy atom. The molecule has 1 aliphatic rings. The van der Waals surface area contributed by atoms with Crippen LogP contribution in [0.5, 0.6) is 5.75 Å². The summed E-state index contributed by atoms with van der Waals surface area (Å²) in [5, 5.41) is 0. The molecule has 0 amide bonds. The standard InChI is InChI=1S/C13H13BrO3/c1-16-12-7-10(14)4-5-11(12)13(15)9-3-2-6-17-8-9/h4-5,7-8H,2-3,6H2,1H3. The molecule has 0 bridgehead atoms. The maximum Gasteiger partial charge on any atom is 0.195 e. The minimum absolute atomic E-state index is 0.0194. The molecule has 0 saturated heterocycles. The number of ketones is 1. The van der Waals surface area contributed by atoms with E-state index in [0.29, 0.717) is 23.5 Å². The fraction of sp³-hybridized carbons (Fsp3) is 0.308. The van der Waals surface area contributed by atoms with E-state index in [0.717, 1.165) is 17.3 Å². The molecular weight excluding hydrogens is 284 g/mol. The molecule has 0 atom stereocenters.